The summed E-state index contributed by atoms with van der Waals surface area (Å²) in [5.74, 6) is -1.71. The van der Waals surface area contributed by atoms with Crippen LogP contribution in [-0.4, -0.2) is 151 Å². The minimum atomic E-state index is -1.63. The lowest BCUT2D eigenvalue weighted by molar-refractivity contribution is -0.254. The molecular weight excluding hydrogens is 682 g/mol. The highest BCUT2D eigenvalue weighted by atomic mass is 16.6. The van der Waals surface area contributed by atoms with E-state index >= 15 is 0 Å². The molecule has 4 heterocycles. The van der Waals surface area contributed by atoms with Crippen LogP contribution in [0.3, 0.4) is 0 Å². The van der Waals surface area contributed by atoms with Gasteiger partial charge in [-0.1, -0.05) is 17.4 Å². The van der Waals surface area contributed by atoms with Gasteiger partial charge in [-0.15, -0.1) is 10.2 Å². The molecule has 0 aliphatic carbocycles. The number of carbonyl (C=O) groups excluding carboxylic acids is 3. The zero-order valence-electron chi connectivity index (χ0n) is 27.0. The predicted molar refractivity (Wildman–Crippen MR) is 166 cm³/mol. The second-order valence-electron chi connectivity index (χ2n) is 11.9. The van der Waals surface area contributed by atoms with Crippen LogP contribution in [0.2, 0.25) is 0 Å². The summed E-state index contributed by atoms with van der Waals surface area (Å²) < 4.78 is 13.0. The summed E-state index contributed by atoms with van der Waals surface area (Å²) >= 11 is 0. The molecule has 0 saturated carbocycles. The number of amides is 3. The van der Waals surface area contributed by atoms with E-state index < -0.39 is 86.3 Å². The average Bonchev–Trinajstić information content (AvgIpc) is 3.81. The van der Waals surface area contributed by atoms with Gasteiger partial charge in [0.2, 0.25) is 5.91 Å². The van der Waals surface area contributed by atoms with E-state index in [0.717, 1.165) is 9.36 Å². The molecule has 0 radical (unpaired) electrons. The van der Waals surface area contributed by atoms with Crippen LogP contribution in [0.5, 0.6) is 0 Å². The molecule has 3 amide bonds. The number of aromatic nitrogens is 6. The smallest absolute Gasteiger partial charge is 0.251 e. The summed E-state index contributed by atoms with van der Waals surface area (Å²) in [4.78, 5) is 38.5. The summed E-state index contributed by atoms with van der Waals surface area (Å²) in [5.41, 5.74) is 0.533. The summed E-state index contributed by atoms with van der Waals surface area (Å²) in [5, 5.41) is 103. The number of aliphatic hydroxyl groups excluding tert-OH is 8. The molecular formula is C29H39N9O13. The molecule has 22 heteroatoms. The Morgan fingerprint density at radius 2 is 1.12 bits per heavy atom. The van der Waals surface area contributed by atoms with E-state index in [0.29, 0.717) is 0 Å². The Balaban J connectivity index is 1.24. The van der Waals surface area contributed by atoms with Gasteiger partial charge in [0.15, 0.2) is 12.5 Å². The van der Waals surface area contributed by atoms with Crippen molar-refractivity contribution in [2.75, 3.05) is 18.5 Å². The number of hydrogen-bond acceptors (Lipinski definition) is 17. The van der Waals surface area contributed by atoms with Crippen LogP contribution in [0, 0.1) is 0 Å². The van der Waals surface area contributed by atoms with Crippen molar-refractivity contribution in [1.29, 1.82) is 0 Å². The second kappa shape index (κ2) is 16.2. The molecule has 2 aliphatic rings. The first-order chi connectivity index (χ1) is 24.3. The van der Waals surface area contributed by atoms with E-state index in [1.54, 1.807) is 6.92 Å². The summed E-state index contributed by atoms with van der Waals surface area (Å²) in [6.45, 7) is -0.0248. The Morgan fingerprint density at radius 1 is 0.686 bits per heavy atom. The van der Waals surface area contributed by atoms with E-state index in [1.807, 2.05) is 0 Å². The van der Waals surface area contributed by atoms with Crippen molar-refractivity contribution in [2.24, 2.45) is 0 Å². The van der Waals surface area contributed by atoms with Crippen molar-refractivity contribution in [3.8, 4) is 0 Å². The van der Waals surface area contributed by atoms with Gasteiger partial charge in [0.25, 0.3) is 11.8 Å². The van der Waals surface area contributed by atoms with E-state index in [4.69, 9.17) is 9.47 Å². The van der Waals surface area contributed by atoms with Crippen LogP contribution in [0.1, 0.15) is 57.9 Å². The van der Waals surface area contributed by atoms with Crippen LogP contribution < -0.4 is 16.0 Å². The van der Waals surface area contributed by atoms with Crippen molar-refractivity contribution in [3.05, 3.63) is 53.1 Å². The quantitative estimate of drug-likeness (QED) is 0.0834. The number of benzene rings is 1. The first-order valence-corrected chi connectivity index (χ1v) is 15.8. The maximum Gasteiger partial charge on any atom is 0.251 e. The topological polar surface area (TPSA) is 329 Å². The predicted octanol–water partition coefficient (Wildman–Crippen LogP) is -4.98. The average molecular weight is 722 g/mol. The minimum Gasteiger partial charge on any atom is -0.394 e. The van der Waals surface area contributed by atoms with Gasteiger partial charge in [-0.05, 0) is 18.2 Å². The highest BCUT2D eigenvalue weighted by Gasteiger charge is 2.46. The van der Waals surface area contributed by atoms with Gasteiger partial charge in [0.1, 0.15) is 60.2 Å². The maximum atomic E-state index is 13.2. The number of nitrogens with zero attached hydrogens (tertiary/aromatic N) is 6. The molecule has 0 bridgehead atoms. The standard InChI is InChI=1S/C29H39N9O13/c1-2-19(41)32-14-4-12(26(48)30-6-15-8-37(35-33-15)28-24(46)22(44)20(42)17(10-39)50-28)3-13(5-14)27(49)31-7-16-9-38(36-34-16)29-25(47)23(45)21(43)18(11-40)51-29/h3-5,8-9,17-18,20-25,28-29,39-40,42-47H,2,6-7,10-11H2,1H3,(H,30,48)(H,31,49)(H,32,41)/t17-,18-,20+,21+,22+,23+,24-,25-,28-,29-/m1/s1. The molecule has 3 aromatic rings. The van der Waals surface area contributed by atoms with Crippen molar-refractivity contribution in [1.82, 2.24) is 40.6 Å². The van der Waals surface area contributed by atoms with Crippen LogP contribution >= 0.6 is 0 Å². The third-order valence-electron chi connectivity index (χ3n) is 8.29. The monoisotopic (exact) mass is 721 g/mol. The van der Waals surface area contributed by atoms with E-state index in [-0.39, 0.29) is 53.6 Å². The Kier molecular flexibility index (Phi) is 12.0. The van der Waals surface area contributed by atoms with Gasteiger partial charge in [-0.25, -0.2) is 9.36 Å². The number of nitrogens with one attached hydrogen (secondary N) is 3. The van der Waals surface area contributed by atoms with Gasteiger partial charge >= 0.3 is 0 Å². The molecule has 22 nitrogen and oxygen atoms in total. The minimum absolute atomic E-state index is 0.0102. The number of hydrogen-bond donors (Lipinski definition) is 11. The van der Waals surface area contributed by atoms with Crippen molar-refractivity contribution in [3.63, 3.8) is 0 Å². The lowest BCUT2D eigenvalue weighted by Crippen LogP contribution is -2.56. The van der Waals surface area contributed by atoms with Crippen LogP contribution in [0.15, 0.2) is 30.6 Å². The third kappa shape index (κ3) is 8.36. The highest BCUT2D eigenvalue weighted by Crippen LogP contribution is 2.29. The lowest BCUT2D eigenvalue weighted by Gasteiger charge is -2.39. The molecule has 2 saturated heterocycles. The number of rotatable bonds is 12. The number of carbonyl (C=O) groups is 3. The van der Waals surface area contributed by atoms with E-state index in [1.165, 1.54) is 30.6 Å². The Hall–Kier alpha value is -4.49. The Labute approximate surface area is 288 Å². The Morgan fingerprint density at radius 3 is 1.51 bits per heavy atom. The first kappa shape index (κ1) is 37.8. The summed E-state index contributed by atoms with van der Waals surface area (Å²) in [6.07, 6.45) is -11.8. The zero-order chi connectivity index (χ0) is 37.0. The highest BCUT2D eigenvalue weighted by molar-refractivity contribution is 6.02. The fourth-order valence-corrected chi connectivity index (χ4v) is 5.40. The van der Waals surface area contributed by atoms with E-state index in [2.05, 4.69) is 36.6 Å². The number of anilines is 1. The van der Waals surface area contributed by atoms with Gasteiger partial charge in [0.05, 0.1) is 38.7 Å². The molecule has 2 fully saturated rings. The molecule has 1 aromatic carbocycles. The zero-order valence-corrected chi connectivity index (χ0v) is 27.0. The SMILES string of the molecule is CCC(=O)Nc1cc(C(=O)NCc2cn([C@@H]3O[C@H](CO)[C@H](O)[C@H](O)[C@H]3O)nn2)cc(C(=O)NCc2cn([C@@H]3O[C@H](CO)[C@H](O)[C@H](O)[C@H]3O)nn2)c1. The van der Waals surface area contributed by atoms with Gasteiger partial charge < -0.3 is 66.3 Å². The molecule has 0 spiro atoms. The lowest BCUT2D eigenvalue weighted by atomic mass is 9.98. The van der Waals surface area contributed by atoms with Gasteiger partial charge in [-0.3, -0.25) is 14.4 Å². The number of ether oxygens (including phenoxy) is 2. The summed E-state index contributed by atoms with van der Waals surface area (Å²) in [7, 11) is 0. The molecule has 5 rings (SSSR count). The molecule has 51 heavy (non-hydrogen) atoms. The maximum absolute atomic E-state index is 13.2. The molecule has 0 unspecified atom stereocenters. The van der Waals surface area contributed by atoms with Crippen LogP contribution in [-0.2, 0) is 27.4 Å². The first-order valence-electron chi connectivity index (χ1n) is 15.8. The Bertz CT molecular complexity index is 1580. The fourth-order valence-electron chi connectivity index (χ4n) is 5.40. The van der Waals surface area contributed by atoms with Crippen LogP contribution in [0.4, 0.5) is 5.69 Å². The van der Waals surface area contributed by atoms with Crippen molar-refractivity contribution in [2.45, 2.75) is 87.7 Å². The van der Waals surface area contributed by atoms with E-state index in [9.17, 15) is 55.2 Å². The van der Waals surface area contributed by atoms with Crippen molar-refractivity contribution >= 4 is 23.4 Å². The normalized spacial score (nSPS) is 29.4. The number of aliphatic hydroxyl groups is 8. The largest absolute Gasteiger partial charge is 0.394 e. The fraction of sp³-hybridized carbons (Fsp3) is 0.552. The van der Waals surface area contributed by atoms with Crippen LogP contribution in [0.25, 0.3) is 0 Å². The summed E-state index contributed by atoms with van der Waals surface area (Å²) in [6, 6.07) is 4.00. The third-order valence-corrected chi connectivity index (χ3v) is 8.29. The molecule has 278 valence electrons. The van der Waals surface area contributed by atoms with Crippen molar-refractivity contribution < 1.29 is 64.7 Å². The second-order valence-corrected chi connectivity index (χ2v) is 11.9. The molecule has 2 aromatic heterocycles. The van der Waals surface area contributed by atoms with Gasteiger partial charge in [-0.2, -0.15) is 0 Å². The molecule has 11 N–H and O–H groups in total. The van der Waals surface area contributed by atoms with Gasteiger partial charge in [0, 0.05) is 23.2 Å². The molecule has 10 atom stereocenters. The molecule has 2 aliphatic heterocycles.